The van der Waals surface area contributed by atoms with Crippen LogP contribution in [0, 0.1) is 26.2 Å². The highest BCUT2D eigenvalue weighted by atomic mass is 16.3. The average molecular weight is 230 g/mol. The molecule has 0 aliphatic carbocycles. The van der Waals surface area contributed by atoms with Crippen LogP contribution in [0.1, 0.15) is 43.2 Å². The predicted octanol–water partition coefficient (Wildman–Crippen LogP) is 4.95. The van der Waals surface area contributed by atoms with Gasteiger partial charge in [-0.3, -0.25) is 0 Å². The Balaban J connectivity index is 2.55. The molecule has 2 aromatic rings. The predicted molar refractivity (Wildman–Crippen MR) is 73.6 cm³/mol. The van der Waals surface area contributed by atoms with Gasteiger partial charge in [-0.15, -0.1) is 0 Å². The van der Waals surface area contributed by atoms with Crippen molar-refractivity contribution < 1.29 is 4.42 Å². The Hall–Kier alpha value is -1.24. The third-order valence-electron chi connectivity index (χ3n) is 3.38. The molecule has 0 bridgehead atoms. The molecule has 0 saturated carbocycles. The molecule has 1 aromatic carbocycles. The second-order valence-electron chi connectivity index (χ2n) is 6.31. The molecule has 0 spiro atoms. The van der Waals surface area contributed by atoms with Crippen LogP contribution < -0.4 is 0 Å². The summed E-state index contributed by atoms with van der Waals surface area (Å²) in [5.41, 5.74) is 5.30. The number of hydrogen-bond donors (Lipinski definition) is 0. The summed E-state index contributed by atoms with van der Waals surface area (Å²) in [6.07, 6.45) is 0.985. The van der Waals surface area contributed by atoms with Gasteiger partial charge in [0.25, 0.3) is 0 Å². The van der Waals surface area contributed by atoms with Gasteiger partial charge in [0.05, 0.1) is 0 Å². The zero-order valence-corrected chi connectivity index (χ0v) is 11.8. The Morgan fingerprint density at radius 3 is 2.24 bits per heavy atom. The standard InChI is InChI=1S/C16H22O/c1-10-7-13-8-14(9-16(4,5)6)17-15(13)12(3)11(10)2/h7-8H,9H2,1-6H3. The lowest BCUT2D eigenvalue weighted by Gasteiger charge is -2.15. The van der Waals surface area contributed by atoms with Crippen molar-refractivity contribution in [3.8, 4) is 0 Å². The van der Waals surface area contributed by atoms with Crippen LogP contribution in [0.2, 0.25) is 0 Å². The molecule has 0 unspecified atom stereocenters. The molecular formula is C16H22O. The molecule has 0 atom stereocenters. The van der Waals surface area contributed by atoms with E-state index in [0.717, 1.165) is 17.8 Å². The summed E-state index contributed by atoms with van der Waals surface area (Å²) >= 11 is 0. The van der Waals surface area contributed by atoms with Gasteiger partial charge in [0.1, 0.15) is 11.3 Å². The zero-order chi connectivity index (χ0) is 12.8. The van der Waals surface area contributed by atoms with Crippen molar-refractivity contribution >= 4 is 11.0 Å². The van der Waals surface area contributed by atoms with Crippen LogP contribution in [-0.4, -0.2) is 0 Å². The third kappa shape index (κ3) is 2.38. The molecule has 1 heteroatoms. The Morgan fingerprint density at radius 1 is 1.00 bits per heavy atom. The molecule has 0 N–H and O–H groups in total. The van der Waals surface area contributed by atoms with Gasteiger partial charge in [-0.25, -0.2) is 0 Å². The van der Waals surface area contributed by atoms with E-state index in [4.69, 9.17) is 4.42 Å². The first-order valence-corrected chi connectivity index (χ1v) is 6.27. The van der Waals surface area contributed by atoms with E-state index in [1.165, 1.54) is 22.1 Å². The highest BCUT2D eigenvalue weighted by Crippen LogP contribution is 2.30. The molecule has 0 aliphatic heterocycles. The second kappa shape index (κ2) is 3.90. The van der Waals surface area contributed by atoms with Crippen LogP contribution >= 0.6 is 0 Å². The maximum atomic E-state index is 6.01. The zero-order valence-electron chi connectivity index (χ0n) is 11.8. The average Bonchev–Trinajstić information content (AvgIpc) is 2.54. The molecule has 2 rings (SSSR count). The van der Waals surface area contributed by atoms with Crippen LogP contribution in [0.4, 0.5) is 0 Å². The van der Waals surface area contributed by atoms with E-state index in [1.54, 1.807) is 0 Å². The first kappa shape index (κ1) is 12.2. The van der Waals surface area contributed by atoms with Crippen molar-refractivity contribution in [2.75, 3.05) is 0 Å². The summed E-state index contributed by atoms with van der Waals surface area (Å²) in [5.74, 6) is 1.10. The molecule has 17 heavy (non-hydrogen) atoms. The van der Waals surface area contributed by atoms with Crippen LogP contribution in [0.5, 0.6) is 0 Å². The molecule has 0 amide bonds. The van der Waals surface area contributed by atoms with E-state index in [2.05, 4.69) is 53.7 Å². The number of aryl methyl sites for hydroxylation is 2. The fourth-order valence-electron chi connectivity index (χ4n) is 2.28. The number of hydrogen-bond acceptors (Lipinski definition) is 1. The van der Waals surface area contributed by atoms with Gasteiger partial charge in [-0.1, -0.05) is 20.8 Å². The highest BCUT2D eigenvalue weighted by Gasteiger charge is 2.16. The Bertz CT molecular complexity index is 553. The fraction of sp³-hybridized carbons (Fsp3) is 0.500. The smallest absolute Gasteiger partial charge is 0.137 e. The Morgan fingerprint density at radius 2 is 1.65 bits per heavy atom. The SMILES string of the molecule is Cc1cc2cc(CC(C)(C)C)oc2c(C)c1C. The normalized spacial score (nSPS) is 12.4. The summed E-state index contributed by atoms with van der Waals surface area (Å²) < 4.78 is 6.01. The molecule has 92 valence electrons. The summed E-state index contributed by atoms with van der Waals surface area (Å²) in [6, 6.07) is 4.42. The van der Waals surface area contributed by atoms with Gasteiger partial charge in [0, 0.05) is 11.8 Å². The minimum atomic E-state index is 0.270. The Kier molecular flexibility index (Phi) is 2.81. The van der Waals surface area contributed by atoms with Crippen LogP contribution in [0.25, 0.3) is 11.0 Å². The lowest BCUT2D eigenvalue weighted by Crippen LogP contribution is -2.08. The van der Waals surface area contributed by atoms with Crippen LogP contribution in [-0.2, 0) is 6.42 Å². The molecular weight excluding hydrogens is 208 g/mol. The Labute approximate surface area is 104 Å². The fourth-order valence-corrected chi connectivity index (χ4v) is 2.28. The van der Waals surface area contributed by atoms with Crippen LogP contribution in [0.3, 0.4) is 0 Å². The van der Waals surface area contributed by atoms with Crippen molar-refractivity contribution in [2.45, 2.75) is 48.0 Å². The lowest BCUT2D eigenvalue weighted by molar-refractivity contribution is 0.370. The van der Waals surface area contributed by atoms with Gasteiger partial charge >= 0.3 is 0 Å². The van der Waals surface area contributed by atoms with Gasteiger partial charge in [0.2, 0.25) is 0 Å². The molecule has 0 fully saturated rings. The summed E-state index contributed by atoms with van der Waals surface area (Å²) in [4.78, 5) is 0. The first-order valence-electron chi connectivity index (χ1n) is 6.27. The summed E-state index contributed by atoms with van der Waals surface area (Å²) in [6.45, 7) is 13.2. The quantitative estimate of drug-likeness (QED) is 0.675. The highest BCUT2D eigenvalue weighted by molar-refractivity contribution is 5.83. The van der Waals surface area contributed by atoms with E-state index >= 15 is 0 Å². The summed E-state index contributed by atoms with van der Waals surface area (Å²) in [7, 11) is 0. The number of fused-ring (bicyclic) bond motifs is 1. The van der Waals surface area contributed by atoms with Crippen molar-refractivity contribution in [2.24, 2.45) is 5.41 Å². The first-order chi connectivity index (χ1) is 7.78. The van der Waals surface area contributed by atoms with E-state index < -0.39 is 0 Å². The minimum absolute atomic E-state index is 0.270. The topological polar surface area (TPSA) is 13.1 Å². The van der Waals surface area contributed by atoms with Gasteiger partial charge < -0.3 is 4.42 Å². The van der Waals surface area contributed by atoms with E-state index in [0.29, 0.717) is 0 Å². The monoisotopic (exact) mass is 230 g/mol. The number of rotatable bonds is 1. The van der Waals surface area contributed by atoms with Gasteiger partial charge in [-0.05, 0) is 55.0 Å². The maximum absolute atomic E-state index is 6.01. The van der Waals surface area contributed by atoms with Gasteiger partial charge in [-0.2, -0.15) is 0 Å². The van der Waals surface area contributed by atoms with E-state index in [-0.39, 0.29) is 5.41 Å². The van der Waals surface area contributed by atoms with E-state index in [1.807, 2.05) is 0 Å². The molecule has 0 aliphatic rings. The third-order valence-corrected chi connectivity index (χ3v) is 3.38. The molecule has 1 nitrogen and oxygen atoms in total. The molecule has 1 heterocycles. The summed E-state index contributed by atoms with van der Waals surface area (Å²) in [5, 5.41) is 1.24. The number of furan rings is 1. The molecule has 1 aromatic heterocycles. The van der Waals surface area contributed by atoms with Crippen molar-refractivity contribution in [3.63, 3.8) is 0 Å². The maximum Gasteiger partial charge on any atom is 0.137 e. The van der Waals surface area contributed by atoms with Gasteiger partial charge in [0.15, 0.2) is 0 Å². The van der Waals surface area contributed by atoms with E-state index in [9.17, 15) is 0 Å². The lowest BCUT2D eigenvalue weighted by atomic mass is 9.91. The van der Waals surface area contributed by atoms with Crippen molar-refractivity contribution in [3.05, 3.63) is 34.6 Å². The molecule has 0 radical (unpaired) electrons. The van der Waals surface area contributed by atoms with Crippen molar-refractivity contribution in [1.82, 2.24) is 0 Å². The minimum Gasteiger partial charge on any atom is -0.461 e. The molecule has 0 saturated heterocycles. The largest absolute Gasteiger partial charge is 0.461 e. The van der Waals surface area contributed by atoms with Crippen LogP contribution in [0.15, 0.2) is 16.5 Å². The van der Waals surface area contributed by atoms with Crippen molar-refractivity contribution in [1.29, 1.82) is 0 Å². The second-order valence-corrected chi connectivity index (χ2v) is 6.31. The number of benzene rings is 1.